The molecule has 0 saturated carbocycles. The quantitative estimate of drug-likeness (QED) is 0.770. The van der Waals surface area contributed by atoms with Crippen LogP contribution < -0.4 is 10.1 Å². The van der Waals surface area contributed by atoms with E-state index in [1.807, 2.05) is 38.1 Å². The number of esters is 1. The molecule has 0 amide bonds. The van der Waals surface area contributed by atoms with Gasteiger partial charge in [0.25, 0.3) is 0 Å². The Morgan fingerprint density at radius 1 is 1.26 bits per heavy atom. The van der Waals surface area contributed by atoms with Crippen molar-refractivity contribution in [3.8, 4) is 5.75 Å². The van der Waals surface area contributed by atoms with Crippen LogP contribution in [-0.4, -0.2) is 24.7 Å². The van der Waals surface area contributed by atoms with Crippen molar-refractivity contribution in [3.63, 3.8) is 0 Å². The number of hydrogen-bond donors (Lipinski definition) is 1. The summed E-state index contributed by atoms with van der Waals surface area (Å²) in [5.74, 6) is 0.616. The number of nitrogens with one attached hydrogen (secondary N) is 1. The van der Waals surface area contributed by atoms with Crippen LogP contribution in [0.2, 0.25) is 0 Å². The molecular weight excluding hydrogens is 242 g/mol. The Bertz CT molecular complexity index is 404. The van der Waals surface area contributed by atoms with E-state index in [0.29, 0.717) is 13.2 Å². The largest absolute Gasteiger partial charge is 0.491 e. The molecule has 1 aromatic rings. The molecule has 0 heterocycles. The minimum absolute atomic E-state index is 0.128. The Kier molecular flexibility index (Phi) is 6.36. The van der Waals surface area contributed by atoms with E-state index in [-0.39, 0.29) is 18.1 Å². The van der Waals surface area contributed by atoms with E-state index in [4.69, 9.17) is 9.47 Å². The molecule has 106 valence electrons. The predicted octanol–water partition coefficient (Wildman–Crippen LogP) is 2.52. The monoisotopic (exact) mass is 265 g/mol. The summed E-state index contributed by atoms with van der Waals surface area (Å²) < 4.78 is 10.7. The van der Waals surface area contributed by atoms with Crippen molar-refractivity contribution < 1.29 is 14.3 Å². The average molecular weight is 265 g/mol. The Labute approximate surface area is 115 Å². The lowest BCUT2D eigenvalue weighted by atomic mass is 10.2. The van der Waals surface area contributed by atoms with Gasteiger partial charge in [0.2, 0.25) is 0 Å². The van der Waals surface area contributed by atoms with Crippen LogP contribution in [-0.2, 0) is 16.1 Å². The van der Waals surface area contributed by atoms with Gasteiger partial charge in [-0.2, -0.15) is 0 Å². The number of hydrogen-bond acceptors (Lipinski definition) is 4. The maximum atomic E-state index is 11.5. The molecule has 4 nitrogen and oxygen atoms in total. The second-order valence-electron chi connectivity index (χ2n) is 4.63. The second-order valence-corrected chi connectivity index (χ2v) is 4.63. The molecule has 1 N–H and O–H groups in total. The highest BCUT2D eigenvalue weighted by molar-refractivity contribution is 5.75. The van der Waals surface area contributed by atoms with Crippen LogP contribution in [0.15, 0.2) is 24.3 Å². The van der Waals surface area contributed by atoms with Crippen molar-refractivity contribution in [1.29, 1.82) is 0 Å². The van der Waals surface area contributed by atoms with Gasteiger partial charge >= 0.3 is 5.97 Å². The highest BCUT2D eigenvalue weighted by Gasteiger charge is 2.14. The van der Waals surface area contributed by atoms with Crippen LogP contribution in [0.4, 0.5) is 0 Å². The molecule has 19 heavy (non-hydrogen) atoms. The minimum atomic E-state index is -0.327. The summed E-state index contributed by atoms with van der Waals surface area (Å²) in [4.78, 5) is 11.5. The Hall–Kier alpha value is -1.55. The van der Waals surface area contributed by atoms with E-state index in [1.165, 1.54) is 0 Å². The molecular formula is C15H23NO3. The first kappa shape index (κ1) is 15.5. The van der Waals surface area contributed by atoms with Crippen LogP contribution in [0, 0.1) is 0 Å². The predicted molar refractivity (Wildman–Crippen MR) is 75.1 cm³/mol. The summed E-state index contributed by atoms with van der Waals surface area (Å²) >= 11 is 0. The third kappa shape index (κ3) is 5.30. The highest BCUT2D eigenvalue weighted by Crippen LogP contribution is 2.19. The maximum absolute atomic E-state index is 11.5. The van der Waals surface area contributed by atoms with Crippen molar-refractivity contribution in [3.05, 3.63) is 29.8 Å². The summed E-state index contributed by atoms with van der Waals surface area (Å²) in [5, 5.41) is 3.14. The Balaban J connectivity index is 2.59. The lowest BCUT2D eigenvalue weighted by molar-refractivity contribution is -0.145. The Morgan fingerprint density at radius 3 is 2.58 bits per heavy atom. The molecule has 0 aliphatic heterocycles. The van der Waals surface area contributed by atoms with Gasteiger partial charge in [0.05, 0.1) is 12.7 Å². The van der Waals surface area contributed by atoms with Gasteiger partial charge in [-0.25, -0.2) is 0 Å². The van der Waals surface area contributed by atoms with Gasteiger partial charge in [-0.3, -0.25) is 4.79 Å². The van der Waals surface area contributed by atoms with Gasteiger partial charge in [0.15, 0.2) is 0 Å². The van der Waals surface area contributed by atoms with E-state index in [1.54, 1.807) is 13.8 Å². The first-order valence-electron chi connectivity index (χ1n) is 6.69. The van der Waals surface area contributed by atoms with Gasteiger partial charge in [-0.15, -0.1) is 0 Å². The standard InChI is InChI=1S/C15H23NO3/c1-5-18-15(17)12(4)16-10-13-8-6-7-9-14(13)19-11(2)3/h6-9,11-12,16H,5,10H2,1-4H3. The molecule has 0 radical (unpaired) electrons. The van der Waals surface area contributed by atoms with Crippen LogP contribution in [0.25, 0.3) is 0 Å². The maximum Gasteiger partial charge on any atom is 0.322 e. The van der Waals surface area contributed by atoms with Crippen LogP contribution >= 0.6 is 0 Å². The summed E-state index contributed by atoms with van der Waals surface area (Å²) in [6.07, 6.45) is 0.128. The van der Waals surface area contributed by atoms with Crippen molar-refractivity contribution in [2.24, 2.45) is 0 Å². The summed E-state index contributed by atoms with van der Waals surface area (Å²) in [7, 11) is 0. The van der Waals surface area contributed by atoms with Gasteiger partial charge in [0.1, 0.15) is 11.8 Å². The summed E-state index contributed by atoms with van der Waals surface area (Å²) in [5.41, 5.74) is 1.03. The molecule has 1 atom stereocenters. The van der Waals surface area contributed by atoms with Crippen molar-refractivity contribution >= 4 is 5.97 Å². The summed E-state index contributed by atoms with van der Waals surface area (Å²) in [6.45, 7) is 8.55. The molecule has 4 heteroatoms. The van der Waals surface area contributed by atoms with Crippen LogP contribution in [0.3, 0.4) is 0 Å². The normalized spacial score (nSPS) is 12.3. The minimum Gasteiger partial charge on any atom is -0.491 e. The van der Waals surface area contributed by atoms with Crippen molar-refractivity contribution in [2.75, 3.05) is 6.61 Å². The van der Waals surface area contributed by atoms with E-state index >= 15 is 0 Å². The van der Waals surface area contributed by atoms with Crippen molar-refractivity contribution in [2.45, 2.75) is 46.4 Å². The number of rotatable bonds is 7. The van der Waals surface area contributed by atoms with Gasteiger partial charge < -0.3 is 14.8 Å². The first-order valence-corrected chi connectivity index (χ1v) is 6.69. The number of benzene rings is 1. The zero-order valence-electron chi connectivity index (χ0n) is 12.1. The molecule has 0 aliphatic rings. The third-order valence-corrected chi connectivity index (χ3v) is 2.57. The summed E-state index contributed by atoms with van der Waals surface area (Å²) in [6, 6.07) is 7.50. The molecule has 0 fully saturated rings. The molecule has 1 aromatic carbocycles. The lowest BCUT2D eigenvalue weighted by Gasteiger charge is -2.16. The van der Waals surface area contributed by atoms with E-state index in [9.17, 15) is 4.79 Å². The van der Waals surface area contributed by atoms with E-state index < -0.39 is 0 Å². The fourth-order valence-electron chi connectivity index (χ4n) is 1.63. The zero-order valence-corrected chi connectivity index (χ0v) is 12.1. The molecule has 0 aromatic heterocycles. The molecule has 0 bridgehead atoms. The van der Waals surface area contributed by atoms with Crippen LogP contribution in [0.5, 0.6) is 5.75 Å². The fraction of sp³-hybridized carbons (Fsp3) is 0.533. The number of para-hydroxylation sites is 1. The number of ether oxygens (including phenoxy) is 2. The van der Waals surface area contributed by atoms with Crippen molar-refractivity contribution in [1.82, 2.24) is 5.32 Å². The van der Waals surface area contributed by atoms with E-state index in [2.05, 4.69) is 5.32 Å². The van der Waals surface area contributed by atoms with Gasteiger partial charge in [-0.1, -0.05) is 18.2 Å². The zero-order chi connectivity index (χ0) is 14.3. The SMILES string of the molecule is CCOC(=O)C(C)NCc1ccccc1OC(C)C. The molecule has 0 spiro atoms. The highest BCUT2D eigenvalue weighted by atomic mass is 16.5. The number of carbonyl (C=O) groups is 1. The average Bonchev–Trinajstić information content (AvgIpc) is 2.37. The van der Waals surface area contributed by atoms with Crippen LogP contribution in [0.1, 0.15) is 33.3 Å². The fourth-order valence-corrected chi connectivity index (χ4v) is 1.63. The lowest BCUT2D eigenvalue weighted by Crippen LogP contribution is -2.35. The molecule has 0 aliphatic carbocycles. The van der Waals surface area contributed by atoms with Gasteiger partial charge in [0, 0.05) is 12.1 Å². The van der Waals surface area contributed by atoms with Gasteiger partial charge in [-0.05, 0) is 33.8 Å². The Morgan fingerprint density at radius 2 is 1.95 bits per heavy atom. The number of carbonyl (C=O) groups excluding carboxylic acids is 1. The van der Waals surface area contributed by atoms with E-state index in [0.717, 1.165) is 11.3 Å². The smallest absolute Gasteiger partial charge is 0.322 e. The second kappa shape index (κ2) is 7.79. The molecule has 1 unspecified atom stereocenters. The topological polar surface area (TPSA) is 47.6 Å². The third-order valence-electron chi connectivity index (χ3n) is 2.57. The molecule has 1 rings (SSSR count). The molecule has 0 saturated heterocycles. The first-order chi connectivity index (χ1) is 9.04.